The monoisotopic (exact) mass is 805 g/mol. The van der Waals surface area contributed by atoms with E-state index in [1.165, 1.54) is 36.0 Å². The first-order valence-electron chi connectivity index (χ1n) is 17.7. The number of benzene rings is 3. The Bertz CT molecular complexity index is 2560. The van der Waals surface area contributed by atoms with Gasteiger partial charge in [-0.3, -0.25) is 9.36 Å². The molecule has 0 radical (unpaired) electrons. The normalized spacial score (nSPS) is 15.7. The molecule has 0 aliphatic heterocycles. The molecule has 2 amide bonds. The third-order valence-electron chi connectivity index (χ3n) is 10.4. The lowest BCUT2D eigenvalue weighted by Crippen LogP contribution is -2.47. The predicted octanol–water partition coefficient (Wildman–Crippen LogP) is 5.65. The molecule has 0 spiro atoms. The molecular formula is C39H42F3N9O5S. The minimum absolute atomic E-state index is 0. The van der Waals surface area contributed by atoms with Gasteiger partial charge in [-0.2, -0.15) is 23.5 Å². The lowest BCUT2D eigenvalue weighted by atomic mass is 9.91. The first kappa shape index (κ1) is 42.1. The van der Waals surface area contributed by atoms with Gasteiger partial charge in [-0.25, -0.2) is 32.4 Å². The maximum atomic E-state index is 14.2. The average Bonchev–Trinajstić information content (AvgIpc) is 3.73. The van der Waals surface area contributed by atoms with Crippen LogP contribution in [0.25, 0.3) is 22.8 Å². The van der Waals surface area contributed by atoms with Crippen LogP contribution in [0.4, 0.5) is 18.0 Å². The quantitative estimate of drug-likeness (QED) is 0.153. The van der Waals surface area contributed by atoms with Crippen molar-refractivity contribution >= 4 is 22.0 Å². The zero-order chi connectivity index (χ0) is 40.7. The van der Waals surface area contributed by atoms with Gasteiger partial charge in [-0.1, -0.05) is 6.07 Å². The number of carbonyl (C=O) groups excluding carboxylic acids is 2. The van der Waals surface area contributed by atoms with Gasteiger partial charge in [-0.05, 0) is 130 Å². The predicted molar refractivity (Wildman–Crippen MR) is 206 cm³/mol. The molecule has 0 atom stereocenters. The smallest absolute Gasteiger partial charge is 0.353 e. The Morgan fingerprint density at radius 2 is 1.54 bits per heavy atom. The Labute approximate surface area is 326 Å². The number of nitrogens with one attached hydrogen (secondary N) is 2. The van der Waals surface area contributed by atoms with Crippen molar-refractivity contribution in [1.82, 2.24) is 35.7 Å². The topological polar surface area (TPSA) is 222 Å². The number of sulfonamides is 1. The number of nitriles is 1. The van der Waals surface area contributed by atoms with Crippen molar-refractivity contribution in [1.29, 1.82) is 5.26 Å². The van der Waals surface area contributed by atoms with Crippen LogP contribution >= 0.6 is 0 Å². The first-order valence-corrected chi connectivity index (χ1v) is 19.2. The number of primary sulfonamides is 1. The van der Waals surface area contributed by atoms with Crippen molar-refractivity contribution < 1.29 is 31.2 Å². The molecule has 7 N–H and O–H groups in total. The standard InChI is InChI=1S/C39H39F3N8O5S.H3N/c1-22-23(2)27(18-34(24(22)3)56(44,54)55)19-35(51)46-29-10-12-30(13-11-29)47-37(52)49-36(33-16-17-45-50(33)31-14-8-26(21-43)9-15-31)25(4)48(38(49)53)32-7-5-6-28(20-32)39(40,41)42;/h5-9,14-18,20,29-30H,10-13,19H2,1-4H3,(H,46,51)(H,47,52)(H2,44,54,55);1H3/t29-,30-;. The van der Waals surface area contributed by atoms with Gasteiger partial charge in [0, 0.05) is 12.1 Å². The molecule has 57 heavy (non-hydrogen) atoms. The van der Waals surface area contributed by atoms with E-state index in [2.05, 4.69) is 15.7 Å². The second-order valence-electron chi connectivity index (χ2n) is 13.9. The molecule has 18 heteroatoms. The van der Waals surface area contributed by atoms with Crippen LogP contribution in [0.5, 0.6) is 0 Å². The van der Waals surface area contributed by atoms with Crippen LogP contribution < -0.4 is 27.6 Å². The van der Waals surface area contributed by atoms with Crippen LogP contribution in [-0.2, 0) is 27.4 Å². The van der Waals surface area contributed by atoms with Crippen molar-refractivity contribution in [3.05, 3.63) is 116 Å². The van der Waals surface area contributed by atoms with Crippen molar-refractivity contribution in [3.63, 3.8) is 0 Å². The van der Waals surface area contributed by atoms with E-state index in [1.807, 2.05) is 13.0 Å². The third-order valence-corrected chi connectivity index (χ3v) is 11.4. The van der Waals surface area contributed by atoms with Crippen molar-refractivity contribution in [3.8, 4) is 28.8 Å². The molecule has 1 fully saturated rings. The summed E-state index contributed by atoms with van der Waals surface area (Å²) in [5.74, 6) is -0.300. The summed E-state index contributed by atoms with van der Waals surface area (Å²) in [7, 11) is -4.00. The largest absolute Gasteiger partial charge is 0.416 e. The summed E-state index contributed by atoms with van der Waals surface area (Å²) < 4.78 is 68.9. The molecule has 1 saturated carbocycles. The molecule has 6 rings (SSSR count). The maximum Gasteiger partial charge on any atom is 0.416 e. The summed E-state index contributed by atoms with van der Waals surface area (Å²) in [6.07, 6.45) is -1.43. The van der Waals surface area contributed by atoms with Gasteiger partial charge in [0.05, 0.1) is 57.5 Å². The van der Waals surface area contributed by atoms with Gasteiger partial charge in [0.25, 0.3) is 0 Å². The molecule has 1 aliphatic carbocycles. The highest BCUT2D eigenvalue weighted by Crippen LogP contribution is 2.32. The minimum Gasteiger partial charge on any atom is -0.353 e. The number of aromatic nitrogens is 4. The molecule has 3 aromatic carbocycles. The Kier molecular flexibility index (Phi) is 12.0. The summed E-state index contributed by atoms with van der Waals surface area (Å²) in [6, 6.07) is 14.3. The number of carbonyl (C=O) groups is 2. The Morgan fingerprint density at radius 1 is 0.912 bits per heavy atom. The second-order valence-corrected chi connectivity index (χ2v) is 15.4. The molecule has 1 aliphatic rings. The fourth-order valence-corrected chi connectivity index (χ4v) is 8.11. The maximum absolute atomic E-state index is 14.2. The van der Waals surface area contributed by atoms with E-state index in [0.29, 0.717) is 53.8 Å². The molecular weight excluding hydrogens is 764 g/mol. The van der Waals surface area contributed by atoms with E-state index in [-0.39, 0.29) is 46.5 Å². The summed E-state index contributed by atoms with van der Waals surface area (Å²) in [5, 5.41) is 25.0. The molecule has 0 saturated heterocycles. The number of amides is 2. The Morgan fingerprint density at radius 3 is 2.14 bits per heavy atom. The number of hydrogen-bond acceptors (Lipinski definition) is 8. The van der Waals surface area contributed by atoms with Crippen molar-refractivity contribution in [2.75, 3.05) is 0 Å². The molecule has 0 unspecified atom stereocenters. The number of nitrogens with zero attached hydrogens (tertiary/aromatic N) is 5. The second kappa shape index (κ2) is 16.2. The SMILES string of the molecule is Cc1c(CC(=O)N[C@H]2CC[C@H](NC(=O)n3c(-c4ccnn4-c4ccc(C#N)cc4)c(C)n(-c4cccc(C(F)(F)F)c4)c3=O)CC2)cc(S(N)(=O)=O)c(C)c1C.N. The summed E-state index contributed by atoms with van der Waals surface area (Å²) >= 11 is 0. The van der Waals surface area contributed by atoms with E-state index >= 15 is 0 Å². The zero-order valence-corrected chi connectivity index (χ0v) is 32.5. The van der Waals surface area contributed by atoms with E-state index < -0.39 is 39.5 Å². The number of hydrogen-bond donors (Lipinski definition) is 4. The lowest BCUT2D eigenvalue weighted by Gasteiger charge is -2.30. The molecule has 14 nitrogen and oxygen atoms in total. The molecule has 2 aromatic heterocycles. The van der Waals surface area contributed by atoms with Crippen LogP contribution in [0.3, 0.4) is 0 Å². The third kappa shape index (κ3) is 8.55. The van der Waals surface area contributed by atoms with Gasteiger partial charge in [0.15, 0.2) is 0 Å². The summed E-state index contributed by atoms with van der Waals surface area (Å²) in [4.78, 5) is 41.4. The highest BCUT2D eigenvalue weighted by atomic mass is 32.2. The molecule has 0 bridgehead atoms. The van der Waals surface area contributed by atoms with Crippen molar-refractivity contribution in [2.45, 2.75) is 83.0 Å². The first-order chi connectivity index (χ1) is 26.4. The van der Waals surface area contributed by atoms with E-state index in [4.69, 9.17) is 5.14 Å². The Balaban J connectivity index is 0.00000620. The summed E-state index contributed by atoms with van der Waals surface area (Å²) in [5.41, 5.74) is 2.13. The number of rotatable bonds is 8. The van der Waals surface area contributed by atoms with Crippen LogP contribution in [0.2, 0.25) is 0 Å². The minimum atomic E-state index is -4.68. The Hall–Kier alpha value is -6.03. The van der Waals surface area contributed by atoms with Gasteiger partial charge in [0.1, 0.15) is 5.69 Å². The molecule has 2 heterocycles. The highest BCUT2D eigenvalue weighted by Gasteiger charge is 2.33. The number of imidazole rings is 1. The van der Waals surface area contributed by atoms with E-state index in [0.717, 1.165) is 32.4 Å². The van der Waals surface area contributed by atoms with Gasteiger partial charge < -0.3 is 16.8 Å². The van der Waals surface area contributed by atoms with Gasteiger partial charge in [0.2, 0.25) is 15.9 Å². The molecule has 5 aromatic rings. The fraction of sp³-hybridized carbons (Fsp3) is 0.308. The number of nitrogens with two attached hydrogens (primary N) is 1. The number of alkyl halides is 3. The van der Waals surface area contributed by atoms with E-state index in [1.54, 1.807) is 44.2 Å². The van der Waals surface area contributed by atoms with Gasteiger partial charge in [-0.15, -0.1) is 0 Å². The van der Waals surface area contributed by atoms with Crippen LogP contribution in [0.15, 0.2) is 76.6 Å². The van der Waals surface area contributed by atoms with Crippen molar-refractivity contribution in [2.24, 2.45) is 5.14 Å². The average molecular weight is 806 g/mol. The van der Waals surface area contributed by atoms with Crippen LogP contribution in [0, 0.1) is 39.0 Å². The van der Waals surface area contributed by atoms with E-state index in [9.17, 15) is 41.2 Å². The summed E-state index contributed by atoms with van der Waals surface area (Å²) in [6.45, 7) is 6.79. The lowest BCUT2D eigenvalue weighted by molar-refractivity contribution is -0.137. The number of halogens is 3. The highest BCUT2D eigenvalue weighted by molar-refractivity contribution is 7.89. The fourth-order valence-electron chi connectivity index (χ4n) is 7.22. The van der Waals surface area contributed by atoms with Crippen LogP contribution in [-0.4, -0.2) is 51.4 Å². The molecule has 300 valence electrons. The van der Waals surface area contributed by atoms with Gasteiger partial charge >= 0.3 is 17.9 Å². The van der Waals surface area contributed by atoms with Crippen LogP contribution in [0.1, 0.15) is 64.8 Å². The zero-order valence-electron chi connectivity index (χ0n) is 31.6.